The number of para-hydroxylation sites is 1. The first-order valence-electron chi connectivity index (χ1n) is 14.9. The van der Waals surface area contributed by atoms with Gasteiger partial charge in [0.25, 0.3) is 11.8 Å². The fourth-order valence-corrected chi connectivity index (χ4v) is 5.05. The molecule has 1 heterocycles. The molecule has 0 atom stereocenters. The van der Waals surface area contributed by atoms with E-state index in [0.717, 1.165) is 51.0 Å². The lowest BCUT2D eigenvalue weighted by Gasteiger charge is -2.32. The topological polar surface area (TPSA) is 112 Å². The van der Waals surface area contributed by atoms with Crippen LogP contribution in [0.2, 0.25) is 0 Å². The molecule has 3 aromatic carbocycles. The summed E-state index contributed by atoms with van der Waals surface area (Å²) in [6, 6.07) is 16.7. The van der Waals surface area contributed by atoms with Crippen LogP contribution in [0.3, 0.4) is 0 Å². The van der Waals surface area contributed by atoms with Gasteiger partial charge in [-0.3, -0.25) is 14.4 Å². The number of carbonyl (C=O) groups excluding carboxylic acids is 3. The molecule has 0 unspecified atom stereocenters. The van der Waals surface area contributed by atoms with E-state index in [-0.39, 0.29) is 23.1 Å². The maximum atomic E-state index is 13.5. The van der Waals surface area contributed by atoms with Gasteiger partial charge in [-0.15, -0.1) is 0 Å². The number of nitrogens with one attached hydrogen (secondary N) is 1. The molecule has 0 radical (unpaired) electrons. The van der Waals surface area contributed by atoms with Crippen LogP contribution in [0.15, 0.2) is 60.7 Å². The second kappa shape index (κ2) is 15.2. The molecule has 234 valence electrons. The first-order chi connectivity index (χ1) is 21.2. The molecule has 10 nitrogen and oxygen atoms in total. The number of phenolic OH excluding ortho intramolecular Hbond substituents is 1. The van der Waals surface area contributed by atoms with Crippen molar-refractivity contribution >= 4 is 29.1 Å². The van der Waals surface area contributed by atoms with E-state index in [1.54, 1.807) is 37.4 Å². The number of hydrogen-bond donors (Lipinski definition) is 2. The Balaban J connectivity index is 1.34. The molecule has 3 aromatic rings. The van der Waals surface area contributed by atoms with Gasteiger partial charge in [0.05, 0.1) is 30.7 Å². The number of aryl methyl sites for hydroxylation is 1. The van der Waals surface area contributed by atoms with E-state index in [2.05, 4.69) is 17.3 Å². The monoisotopic (exact) mass is 602 g/mol. The smallest absolute Gasteiger partial charge is 0.259 e. The maximum absolute atomic E-state index is 13.5. The number of carbonyl (C=O) groups is 3. The van der Waals surface area contributed by atoms with Gasteiger partial charge >= 0.3 is 0 Å². The summed E-state index contributed by atoms with van der Waals surface area (Å²) in [4.78, 5) is 44.4. The Morgan fingerprint density at radius 1 is 0.932 bits per heavy atom. The maximum Gasteiger partial charge on any atom is 0.259 e. The molecule has 0 aliphatic carbocycles. The third-order valence-electron chi connectivity index (χ3n) is 7.78. The second-order valence-electron chi connectivity index (χ2n) is 11.1. The minimum Gasteiger partial charge on any atom is -0.507 e. The molecule has 1 saturated heterocycles. The largest absolute Gasteiger partial charge is 0.507 e. The predicted octanol–water partition coefficient (Wildman–Crippen LogP) is 4.95. The number of likely N-dealkylation sites (N-methyl/N-ethyl adjacent to an activating group) is 1. The van der Waals surface area contributed by atoms with Gasteiger partial charge in [-0.25, -0.2) is 0 Å². The van der Waals surface area contributed by atoms with Crippen LogP contribution >= 0.6 is 0 Å². The van der Waals surface area contributed by atoms with Gasteiger partial charge in [-0.2, -0.15) is 0 Å². The van der Waals surface area contributed by atoms with Crippen molar-refractivity contribution in [1.29, 1.82) is 0 Å². The summed E-state index contributed by atoms with van der Waals surface area (Å²) in [7, 11) is 5.22. The number of nitrogens with zero attached hydrogens (tertiary/aromatic N) is 3. The molecule has 4 rings (SSSR count). The number of benzene rings is 3. The van der Waals surface area contributed by atoms with Crippen molar-refractivity contribution in [3.05, 3.63) is 77.4 Å². The van der Waals surface area contributed by atoms with Gasteiger partial charge in [-0.1, -0.05) is 18.2 Å². The Bertz CT molecular complexity index is 1470. The highest BCUT2D eigenvalue weighted by molar-refractivity contribution is 6.09. The third-order valence-corrected chi connectivity index (χ3v) is 7.78. The van der Waals surface area contributed by atoms with Crippen LogP contribution in [0.1, 0.15) is 52.0 Å². The molecule has 2 N–H and O–H groups in total. The van der Waals surface area contributed by atoms with Crippen molar-refractivity contribution < 1.29 is 29.0 Å². The second-order valence-corrected chi connectivity index (χ2v) is 11.1. The van der Waals surface area contributed by atoms with Crippen LogP contribution in [0.25, 0.3) is 0 Å². The summed E-state index contributed by atoms with van der Waals surface area (Å²) < 4.78 is 11.6. The molecule has 1 aliphatic rings. The van der Waals surface area contributed by atoms with E-state index in [1.165, 1.54) is 24.1 Å². The van der Waals surface area contributed by atoms with Crippen molar-refractivity contribution in [3.8, 4) is 17.2 Å². The van der Waals surface area contributed by atoms with Crippen molar-refractivity contribution in [2.75, 3.05) is 64.2 Å². The molecule has 0 bridgehead atoms. The highest BCUT2D eigenvalue weighted by Gasteiger charge is 2.21. The van der Waals surface area contributed by atoms with Crippen LogP contribution in [0, 0.1) is 6.92 Å². The van der Waals surface area contributed by atoms with Gasteiger partial charge in [0, 0.05) is 45.2 Å². The van der Waals surface area contributed by atoms with E-state index in [4.69, 9.17) is 9.47 Å². The lowest BCUT2D eigenvalue weighted by Crippen LogP contribution is -2.47. The summed E-state index contributed by atoms with van der Waals surface area (Å²) in [6.45, 7) is 5.89. The number of methoxy groups -OCH3 is 1. The molecule has 0 spiro atoms. The number of phenols is 1. The molecule has 44 heavy (non-hydrogen) atoms. The standard InChI is InChI=1S/C34H42N4O6/c1-24-13-16-28(31(22-24)44-21-9-5-6-12-32(40)38-19-17-36(2)18-20-38)37(3)34(42)25-14-15-27(30(23-25)43-4)35-33(41)26-10-7-8-11-29(26)39/h7-8,10-11,13-16,22-23,39H,5-6,9,12,17-21H2,1-4H3,(H,35,41). The lowest BCUT2D eigenvalue weighted by molar-refractivity contribution is -0.132. The zero-order valence-corrected chi connectivity index (χ0v) is 26.0. The molecule has 10 heteroatoms. The van der Waals surface area contributed by atoms with E-state index in [9.17, 15) is 19.5 Å². The van der Waals surface area contributed by atoms with Crippen LogP contribution in [0.4, 0.5) is 11.4 Å². The first-order valence-corrected chi connectivity index (χ1v) is 14.9. The highest BCUT2D eigenvalue weighted by Crippen LogP contribution is 2.32. The predicted molar refractivity (Wildman–Crippen MR) is 171 cm³/mol. The Labute approximate surface area is 259 Å². The number of amides is 3. The average Bonchev–Trinajstić information content (AvgIpc) is 3.02. The summed E-state index contributed by atoms with van der Waals surface area (Å²) >= 11 is 0. The minimum atomic E-state index is -0.499. The van der Waals surface area contributed by atoms with Crippen LogP contribution in [-0.4, -0.2) is 86.6 Å². The van der Waals surface area contributed by atoms with Gasteiger partial charge in [0.1, 0.15) is 17.2 Å². The first kappa shape index (κ1) is 32.3. The van der Waals surface area contributed by atoms with E-state index < -0.39 is 5.91 Å². The summed E-state index contributed by atoms with van der Waals surface area (Å²) in [5.41, 5.74) is 2.49. The van der Waals surface area contributed by atoms with Gasteiger partial charge in [0.15, 0.2) is 0 Å². The number of aromatic hydroxyl groups is 1. The fraction of sp³-hybridized carbons (Fsp3) is 0.382. The Hall–Kier alpha value is -4.57. The van der Waals surface area contributed by atoms with Gasteiger partial charge in [-0.05, 0) is 81.3 Å². The van der Waals surface area contributed by atoms with E-state index >= 15 is 0 Å². The van der Waals surface area contributed by atoms with Crippen LogP contribution in [-0.2, 0) is 4.79 Å². The van der Waals surface area contributed by atoms with Crippen molar-refractivity contribution in [2.45, 2.75) is 32.6 Å². The molecule has 0 saturated carbocycles. The summed E-state index contributed by atoms with van der Waals surface area (Å²) in [6.07, 6.45) is 3.05. The van der Waals surface area contributed by atoms with Gasteiger partial charge < -0.3 is 34.6 Å². The SMILES string of the molecule is COc1cc(C(=O)N(C)c2ccc(C)cc2OCCCCCC(=O)N2CCN(C)CC2)ccc1NC(=O)c1ccccc1O. The number of piperazine rings is 1. The molecular formula is C34H42N4O6. The normalized spacial score (nSPS) is 13.3. The van der Waals surface area contributed by atoms with Crippen molar-refractivity contribution in [1.82, 2.24) is 9.80 Å². The molecular weight excluding hydrogens is 560 g/mol. The molecule has 3 amide bonds. The number of unbranched alkanes of at least 4 members (excludes halogenated alkanes) is 2. The Morgan fingerprint density at radius 2 is 1.68 bits per heavy atom. The third kappa shape index (κ3) is 8.29. The van der Waals surface area contributed by atoms with E-state index in [1.807, 2.05) is 30.0 Å². The summed E-state index contributed by atoms with van der Waals surface area (Å²) in [5.74, 6) is 0.221. The Kier molecular flexibility index (Phi) is 11.2. The quantitative estimate of drug-likeness (QED) is 0.282. The van der Waals surface area contributed by atoms with Crippen LogP contribution < -0.4 is 19.7 Å². The number of hydrogen-bond acceptors (Lipinski definition) is 7. The average molecular weight is 603 g/mol. The van der Waals surface area contributed by atoms with Crippen LogP contribution in [0.5, 0.6) is 17.2 Å². The van der Waals surface area contributed by atoms with Crippen molar-refractivity contribution in [3.63, 3.8) is 0 Å². The Morgan fingerprint density at radius 3 is 2.41 bits per heavy atom. The highest BCUT2D eigenvalue weighted by atomic mass is 16.5. The van der Waals surface area contributed by atoms with Gasteiger partial charge in [0.2, 0.25) is 5.91 Å². The summed E-state index contributed by atoms with van der Waals surface area (Å²) in [5, 5.41) is 12.7. The number of anilines is 2. The zero-order chi connectivity index (χ0) is 31.6. The fourth-order valence-electron chi connectivity index (χ4n) is 5.05. The molecule has 0 aromatic heterocycles. The number of ether oxygens (including phenoxy) is 2. The van der Waals surface area contributed by atoms with Crippen molar-refractivity contribution in [2.24, 2.45) is 0 Å². The minimum absolute atomic E-state index is 0.125. The number of rotatable bonds is 12. The zero-order valence-electron chi connectivity index (χ0n) is 26.0. The lowest BCUT2D eigenvalue weighted by atomic mass is 10.1. The molecule has 1 fully saturated rings. The molecule has 1 aliphatic heterocycles. The van der Waals surface area contributed by atoms with E-state index in [0.29, 0.717) is 41.5 Å².